The van der Waals surface area contributed by atoms with Gasteiger partial charge < -0.3 is 9.84 Å². The first-order valence-corrected chi connectivity index (χ1v) is 6.09. The molecule has 7 heteroatoms. The summed E-state index contributed by atoms with van der Waals surface area (Å²) in [5.74, 6) is 0.236. The Morgan fingerprint density at radius 2 is 2.20 bits per heavy atom. The predicted molar refractivity (Wildman–Crippen MR) is 72.4 cm³/mol. The molecule has 0 aliphatic heterocycles. The van der Waals surface area contributed by atoms with E-state index in [0.29, 0.717) is 33.9 Å². The van der Waals surface area contributed by atoms with E-state index in [2.05, 4.69) is 20.6 Å². The minimum Gasteiger partial charge on any atom is -0.336 e. The molecule has 0 spiro atoms. The number of aryl methyl sites for hydroxylation is 3. The van der Waals surface area contributed by atoms with Crippen LogP contribution >= 0.6 is 0 Å². The Balaban J connectivity index is 2.04. The van der Waals surface area contributed by atoms with Gasteiger partial charge in [-0.1, -0.05) is 5.16 Å². The zero-order valence-corrected chi connectivity index (χ0v) is 11.3. The number of aromatic nitrogens is 4. The van der Waals surface area contributed by atoms with Crippen LogP contribution in [0.3, 0.4) is 0 Å². The number of anilines is 1. The Bertz CT molecular complexity index is 802. The average molecular weight is 271 g/mol. The Morgan fingerprint density at radius 1 is 1.40 bits per heavy atom. The fourth-order valence-corrected chi connectivity index (χ4v) is 2.06. The van der Waals surface area contributed by atoms with E-state index in [1.54, 1.807) is 43.9 Å². The lowest BCUT2D eigenvalue weighted by atomic mass is 10.1. The first-order chi connectivity index (χ1) is 9.54. The molecule has 3 aromatic rings. The second kappa shape index (κ2) is 4.44. The van der Waals surface area contributed by atoms with Crippen LogP contribution in [0.2, 0.25) is 0 Å². The summed E-state index contributed by atoms with van der Waals surface area (Å²) in [7, 11) is 1.79. The van der Waals surface area contributed by atoms with E-state index in [1.165, 1.54) is 0 Å². The standard InChI is InChI=1S/C13H13N5O2/c1-7-6-9(11-8(2)17-20-13(11)14-7)12(19)15-10-4-5-18(3)16-10/h4-6H,1-3H3,(H,15,16,19). The predicted octanol–water partition coefficient (Wildman–Crippen LogP) is 1.83. The highest BCUT2D eigenvalue weighted by Gasteiger charge is 2.18. The lowest BCUT2D eigenvalue weighted by Crippen LogP contribution is -2.13. The fourth-order valence-electron chi connectivity index (χ4n) is 2.06. The van der Waals surface area contributed by atoms with Crippen LogP contribution in [-0.4, -0.2) is 25.8 Å². The third-order valence-corrected chi connectivity index (χ3v) is 2.95. The van der Waals surface area contributed by atoms with E-state index in [0.717, 1.165) is 0 Å². The van der Waals surface area contributed by atoms with Gasteiger partial charge in [0, 0.05) is 25.0 Å². The Hall–Kier alpha value is -2.70. The molecule has 0 saturated carbocycles. The van der Waals surface area contributed by atoms with Crippen molar-refractivity contribution < 1.29 is 9.32 Å². The van der Waals surface area contributed by atoms with Crippen molar-refractivity contribution in [3.05, 3.63) is 35.3 Å². The van der Waals surface area contributed by atoms with E-state index < -0.39 is 0 Å². The van der Waals surface area contributed by atoms with Gasteiger partial charge in [0.15, 0.2) is 5.82 Å². The Morgan fingerprint density at radius 3 is 2.90 bits per heavy atom. The van der Waals surface area contributed by atoms with Gasteiger partial charge in [-0.15, -0.1) is 0 Å². The highest BCUT2D eigenvalue weighted by Crippen LogP contribution is 2.22. The van der Waals surface area contributed by atoms with Crippen LogP contribution in [0.25, 0.3) is 11.1 Å². The number of carbonyl (C=O) groups is 1. The number of fused-ring (bicyclic) bond motifs is 1. The van der Waals surface area contributed by atoms with Crippen LogP contribution in [0, 0.1) is 13.8 Å². The maximum Gasteiger partial charge on any atom is 0.258 e. The summed E-state index contributed by atoms with van der Waals surface area (Å²) in [4.78, 5) is 16.6. The highest BCUT2D eigenvalue weighted by atomic mass is 16.5. The molecule has 3 heterocycles. The molecule has 0 atom stereocenters. The molecule has 0 aliphatic rings. The summed E-state index contributed by atoms with van der Waals surface area (Å²) in [6.07, 6.45) is 1.76. The molecule has 7 nitrogen and oxygen atoms in total. The van der Waals surface area contributed by atoms with Crippen molar-refractivity contribution in [3.8, 4) is 0 Å². The Labute approximate surface area is 114 Å². The monoisotopic (exact) mass is 271 g/mol. The van der Waals surface area contributed by atoms with E-state index in [4.69, 9.17) is 4.52 Å². The molecular weight excluding hydrogens is 258 g/mol. The SMILES string of the molecule is Cc1cc(C(=O)Nc2ccn(C)n2)c2c(C)noc2n1. The van der Waals surface area contributed by atoms with Crippen LogP contribution in [0.1, 0.15) is 21.7 Å². The lowest BCUT2D eigenvalue weighted by Gasteiger charge is -2.04. The molecule has 0 aliphatic carbocycles. The van der Waals surface area contributed by atoms with Gasteiger partial charge in [-0.25, -0.2) is 4.98 Å². The third-order valence-electron chi connectivity index (χ3n) is 2.95. The lowest BCUT2D eigenvalue weighted by molar-refractivity contribution is 0.102. The maximum absolute atomic E-state index is 12.4. The normalized spacial score (nSPS) is 10.9. The molecule has 1 amide bonds. The molecule has 0 unspecified atom stereocenters. The van der Waals surface area contributed by atoms with Gasteiger partial charge >= 0.3 is 0 Å². The number of nitrogens with one attached hydrogen (secondary N) is 1. The molecule has 0 saturated heterocycles. The molecule has 0 bridgehead atoms. The van der Waals surface area contributed by atoms with Gasteiger partial charge in [-0.3, -0.25) is 9.48 Å². The number of nitrogens with zero attached hydrogens (tertiary/aromatic N) is 4. The quantitative estimate of drug-likeness (QED) is 0.768. The van der Waals surface area contributed by atoms with Crippen molar-refractivity contribution >= 4 is 22.8 Å². The number of rotatable bonds is 2. The Kier molecular flexibility index (Phi) is 2.74. The van der Waals surface area contributed by atoms with Crippen molar-refractivity contribution in [3.63, 3.8) is 0 Å². The minimum atomic E-state index is -0.259. The van der Waals surface area contributed by atoms with E-state index >= 15 is 0 Å². The van der Waals surface area contributed by atoms with Crippen molar-refractivity contribution in [1.29, 1.82) is 0 Å². The smallest absolute Gasteiger partial charge is 0.258 e. The number of amides is 1. The van der Waals surface area contributed by atoms with Crippen LogP contribution in [0.5, 0.6) is 0 Å². The molecule has 3 rings (SSSR count). The summed E-state index contributed by atoms with van der Waals surface area (Å²) >= 11 is 0. The number of pyridine rings is 1. The molecule has 0 fully saturated rings. The summed E-state index contributed by atoms with van der Waals surface area (Å²) in [5.41, 5.74) is 2.18. The fraction of sp³-hybridized carbons (Fsp3) is 0.231. The van der Waals surface area contributed by atoms with Gasteiger partial charge in [0.25, 0.3) is 11.6 Å². The number of carbonyl (C=O) groups excluding carboxylic acids is 1. The molecule has 3 aromatic heterocycles. The van der Waals surface area contributed by atoms with Gasteiger partial charge in [0.05, 0.1) is 16.6 Å². The molecular formula is C13H13N5O2. The van der Waals surface area contributed by atoms with Crippen LogP contribution in [0.15, 0.2) is 22.9 Å². The first kappa shape index (κ1) is 12.3. The highest BCUT2D eigenvalue weighted by molar-refractivity contribution is 6.12. The van der Waals surface area contributed by atoms with E-state index in [9.17, 15) is 4.79 Å². The molecule has 1 N–H and O–H groups in total. The number of hydrogen-bond donors (Lipinski definition) is 1. The van der Waals surface area contributed by atoms with Crippen LogP contribution < -0.4 is 5.32 Å². The second-order valence-corrected chi connectivity index (χ2v) is 4.59. The van der Waals surface area contributed by atoms with Crippen molar-refractivity contribution in [1.82, 2.24) is 19.9 Å². The summed E-state index contributed by atoms with van der Waals surface area (Å²) in [5, 5.41) is 11.3. The van der Waals surface area contributed by atoms with Crippen molar-refractivity contribution in [2.45, 2.75) is 13.8 Å². The number of hydrogen-bond acceptors (Lipinski definition) is 5. The van der Waals surface area contributed by atoms with Gasteiger partial charge in [0.2, 0.25) is 0 Å². The molecule has 102 valence electrons. The minimum absolute atomic E-state index is 0.259. The topological polar surface area (TPSA) is 85.8 Å². The zero-order chi connectivity index (χ0) is 14.3. The maximum atomic E-state index is 12.4. The third kappa shape index (κ3) is 2.03. The first-order valence-electron chi connectivity index (χ1n) is 6.09. The molecule has 0 aromatic carbocycles. The van der Waals surface area contributed by atoms with Crippen molar-refractivity contribution in [2.24, 2.45) is 7.05 Å². The second-order valence-electron chi connectivity index (χ2n) is 4.59. The molecule has 20 heavy (non-hydrogen) atoms. The van der Waals surface area contributed by atoms with E-state index in [-0.39, 0.29) is 5.91 Å². The van der Waals surface area contributed by atoms with Crippen LogP contribution in [0.4, 0.5) is 5.82 Å². The van der Waals surface area contributed by atoms with Gasteiger partial charge in [0.1, 0.15) is 0 Å². The summed E-state index contributed by atoms with van der Waals surface area (Å²) < 4.78 is 6.73. The zero-order valence-electron chi connectivity index (χ0n) is 11.3. The van der Waals surface area contributed by atoms with Gasteiger partial charge in [-0.2, -0.15) is 5.10 Å². The average Bonchev–Trinajstić information content (AvgIpc) is 2.95. The molecule has 0 radical (unpaired) electrons. The largest absolute Gasteiger partial charge is 0.336 e. The van der Waals surface area contributed by atoms with Crippen molar-refractivity contribution in [2.75, 3.05) is 5.32 Å². The van der Waals surface area contributed by atoms with E-state index in [1.807, 2.05) is 0 Å². The summed E-state index contributed by atoms with van der Waals surface area (Å²) in [6, 6.07) is 3.44. The summed E-state index contributed by atoms with van der Waals surface area (Å²) in [6.45, 7) is 3.58. The van der Waals surface area contributed by atoms with Gasteiger partial charge in [-0.05, 0) is 19.9 Å². The van der Waals surface area contributed by atoms with Crippen LogP contribution in [-0.2, 0) is 7.05 Å².